The summed E-state index contributed by atoms with van der Waals surface area (Å²) in [6, 6.07) is 0. The van der Waals surface area contributed by atoms with Gasteiger partial charge >= 0.3 is 0 Å². The van der Waals surface area contributed by atoms with Crippen LogP contribution in [0.5, 0.6) is 0 Å². The Morgan fingerprint density at radius 2 is 2.18 bits per heavy atom. The third-order valence-corrected chi connectivity index (χ3v) is 1.02. The van der Waals surface area contributed by atoms with E-state index in [0.717, 1.165) is 6.61 Å². The first-order valence-corrected chi connectivity index (χ1v) is 3.77. The largest absolute Gasteiger partial charge is 0.494 e. The van der Waals surface area contributed by atoms with Crippen molar-refractivity contribution in [1.29, 1.82) is 0 Å². The fourth-order valence-electron chi connectivity index (χ4n) is 0.497. The highest BCUT2D eigenvalue weighted by atomic mass is 16.5. The van der Waals surface area contributed by atoms with E-state index >= 15 is 0 Å². The summed E-state index contributed by atoms with van der Waals surface area (Å²) in [6.07, 6.45) is 5.31. The second-order valence-corrected chi connectivity index (χ2v) is 2.77. The van der Waals surface area contributed by atoms with Crippen molar-refractivity contribution in [2.24, 2.45) is 5.92 Å². The number of allylic oxidation sites excluding steroid dienone is 3. The summed E-state index contributed by atoms with van der Waals surface area (Å²) < 4.78 is 5.28. The Hall–Kier alpha value is -0.980. The van der Waals surface area contributed by atoms with Crippen molar-refractivity contribution in [3.8, 4) is 0 Å². The van der Waals surface area contributed by atoms with Crippen LogP contribution in [0, 0.1) is 5.92 Å². The van der Waals surface area contributed by atoms with E-state index in [2.05, 4.69) is 27.0 Å². The second-order valence-electron chi connectivity index (χ2n) is 2.77. The minimum Gasteiger partial charge on any atom is -0.494 e. The van der Waals surface area contributed by atoms with Crippen LogP contribution in [-0.4, -0.2) is 6.61 Å². The van der Waals surface area contributed by atoms with Gasteiger partial charge in [-0.1, -0.05) is 39.2 Å². The molecule has 0 saturated carbocycles. The van der Waals surface area contributed by atoms with Crippen molar-refractivity contribution >= 4 is 0 Å². The zero-order valence-electron chi connectivity index (χ0n) is 7.34. The number of rotatable bonds is 5. The van der Waals surface area contributed by atoms with Crippen molar-refractivity contribution in [3.63, 3.8) is 0 Å². The highest BCUT2D eigenvalue weighted by molar-refractivity contribution is 5.12. The van der Waals surface area contributed by atoms with E-state index in [1.54, 1.807) is 12.2 Å². The molecule has 0 saturated heterocycles. The lowest BCUT2D eigenvalue weighted by Gasteiger charge is -2.07. The summed E-state index contributed by atoms with van der Waals surface area (Å²) in [6.45, 7) is 12.2. The molecule has 11 heavy (non-hydrogen) atoms. The molecule has 0 aromatic heterocycles. The highest BCUT2D eigenvalue weighted by Crippen LogP contribution is 2.00. The molecule has 0 aromatic rings. The summed E-state index contributed by atoms with van der Waals surface area (Å²) in [5.74, 6) is 1.24. The summed E-state index contributed by atoms with van der Waals surface area (Å²) in [4.78, 5) is 0. The topological polar surface area (TPSA) is 9.23 Å². The average molecular weight is 152 g/mol. The SMILES string of the molecule is C=C/C=C\C(=C)OCC(C)C. The van der Waals surface area contributed by atoms with Gasteiger partial charge in [0.1, 0.15) is 5.76 Å². The van der Waals surface area contributed by atoms with Gasteiger partial charge in [0.2, 0.25) is 0 Å². The van der Waals surface area contributed by atoms with Gasteiger partial charge in [-0.3, -0.25) is 0 Å². The van der Waals surface area contributed by atoms with Crippen LogP contribution >= 0.6 is 0 Å². The van der Waals surface area contributed by atoms with Crippen molar-refractivity contribution < 1.29 is 4.74 Å². The standard InChI is InChI=1S/C10H16O/c1-5-6-7-10(4)11-8-9(2)3/h5-7,9H,1,4,8H2,2-3H3/b7-6-. The van der Waals surface area contributed by atoms with Crippen LogP contribution in [-0.2, 0) is 4.74 Å². The lowest BCUT2D eigenvalue weighted by molar-refractivity contribution is 0.191. The van der Waals surface area contributed by atoms with E-state index in [4.69, 9.17) is 4.74 Å². The van der Waals surface area contributed by atoms with Crippen LogP contribution in [0.3, 0.4) is 0 Å². The number of ether oxygens (including phenoxy) is 1. The van der Waals surface area contributed by atoms with Crippen molar-refractivity contribution in [2.75, 3.05) is 6.61 Å². The molecule has 0 radical (unpaired) electrons. The Balaban J connectivity index is 3.53. The lowest BCUT2D eigenvalue weighted by atomic mass is 10.2. The van der Waals surface area contributed by atoms with Crippen molar-refractivity contribution in [3.05, 3.63) is 37.1 Å². The Kier molecular flexibility index (Phi) is 5.26. The smallest absolute Gasteiger partial charge is 0.112 e. The van der Waals surface area contributed by atoms with E-state index < -0.39 is 0 Å². The third kappa shape index (κ3) is 6.91. The number of hydrogen-bond donors (Lipinski definition) is 0. The Labute approximate surface area is 69.1 Å². The lowest BCUT2D eigenvalue weighted by Crippen LogP contribution is -1.99. The minimum atomic E-state index is 0.545. The fraction of sp³-hybridized carbons (Fsp3) is 0.400. The van der Waals surface area contributed by atoms with E-state index in [9.17, 15) is 0 Å². The minimum absolute atomic E-state index is 0.545. The Morgan fingerprint density at radius 1 is 1.55 bits per heavy atom. The summed E-state index contributed by atoms with van der Waals surface area (Å²) in [5.41, 5.74) is 0. The van der Waals surface area contributed by atoms with Crippen LogP contribution in [0.1, 0.15) is 13.8 Å². The van der Waals surface area contributed by atoms with E-state index in [-0.39, 0.29) is 0 Å². The van der Waals surface area contributed by atoms with E-state index in [0.29, 0.717) is 11.7 Å². The zero-order chi connectivity index (χ0) is 8.69. The second kappa shape index (κ2) is 5.78. The normalized spacial score (nSPS) is 10.5. The van der Waals surface area contributed by atoms with Gasteiger partial charge in [-0.15, -0.1) is 0 Å². The maximum Gasteiger partial charge on any atom is 0.112 e. The maximum absolute atomic E-state index is 5.28. The fourth-order valence-corrected chi connectivity index (χ4v) is 0.497. The molecule has 0 heterocycles. The molecule has 0 fully saturated rings. The molecule has 0 spiro atoms. The molecule has 0 aliphatic rings. The van der Waals surface area contributed by atoms with Crippen LogP contribution in [0.4, 0.5) is 0 Å². The van der Waals surface area contributed by atoms with Gasteiger partial charge in [0, 0.05) is 0 Å². The molecule has 0 aromatic carbocycles. The van der Waals surface area contributed by atoms with Gasteiger partial charge in [-0.2, -0.15) is 0 Å². The van der Waals surface area contributed by atoms with Crippen molar-refractivity contribution in [1.82, 2.24) is 0 Å². The predicted octanol–water partition coefficient (Wildman–Crippen LogP) is 2.91. The molecule has 0 amide bonds. The first-order valence-electron chi connectivity index (χ1n) is 3.77. The molecule has 0 aliphatic heterocycles. The van der Waals surface area contributed by atoms with Crippen LogP contribution < -0.4 is 0 Å². The molecule has 0 N–H and O–H groups in total. The average Bonchev–Trinajstić information content (AvgIpc) is 1.97. The first kappa shape index (κ1) is 10.0. The molecule has 0 unspecified atom stereocenters. The molecule has 0 bridgehead atoms. The van der Waals surface area contributed by atoms with Gasteiger partial charge in [0.25, 0.3) is 0 Å². The van der Waals surface area contributed by atoms with Gasteiger partial charge in [0.15, 0.2) is 0 Å². The third-order valence-electron chi connectivity index (χ3n) is 1.02. The van der Waals surface area contributed by atoms with Gasteiger partial charge < -0.3 is 4.74 Å². The molecule has 1 heteroatoms. The summed E-state index contributed by atoms with van der Waals surface area (Å²) in [5, 5.41) is 0. The predicted molar refractivity (Wildman–Crippen MR) is 49.3 cm³/mol. The van der Waals surface area contributed by atoms with Crippen LogP contribution in [0.15, 0.2) is 37.1 Å². The molecule has 0 aliphatic carbocycles. The molecular formula is C10H16O. The first-order chi connectivity index (χ1) is 5.16. The number of hydrogen-bond acceptors (Lipinski definition) is 1. The van der Waals surface area contributed by atoms with Gasteiger partial charge in [0.05, 0.1) is 6.61 Å². The molecule has 1 nitrogen and oxygen atoms in total. The highest BCUT2D eigenvalue weighted by Gasteiger charge is 1.93. The Bertz CT molecular complexity index is 154. The van der Waals surface area contributed by atoms with Gasteiger partial charge in [-0.05, 0) is 12.0 Å². The van der Waals surface area contributed by atoms with E-state index in [1.165, 1.54) is 0 Å². The molecular weight excluding hydrogens is 136 g/mol. The van der Waals surface area contributed by atoms with Gasteiger partial charge in [-0.25, -0.2) is 0 Å². The van der Waals surface area contributed by atoms with Crippen LogP contribution in [0.2, 0.25) is 0 Å². The van der Waals surface area contributed by atoms with E-state index in [1.807, 2.05) is 6.08 Å². The monoisotopic (exact) mass is 152 g/mol. The summed E-state index contributed by atoms with van der Waals surface area (Å²) >= 11 is 0. The molecule has 62 valence electrons. The van der Waals surface area contributed by atoms with Crippen LogP contribution in [0.25, 0.3) is 0 Å². The maximum atomic E-state index is 5.28. The molecule has 0 atom stereocenters. The zero-order valence-corrected chi connectivity index (χ0v) is 7.34. The molecule has 0 rings (SSSR count). The Morgan fingerprint density at radius 3 is 2.64 bits per heavy atom. The van der Waals surface area contributed by atoms with Crippen molar-refractivity contribution in [2.45, 2.75) is 13.8 Å². The summed E-state index contributed by atoms with van der Waals surface area (Å²) in [7, 11) is 0. The quantitative estimate of drug-likeness (QED) is 0.435.